The van der Waals surface area contributed by atoms with Crippen LogP contribution in [0.25, 0.3) is 0 Å². The normalized spacial score (nSPS) is 13.3. The zero-order chi connectivity index (χ0) is 29.1. The van der Waals surface area contributed by atoms with Crippen LogP contribution in [0.4, 0.5) is 0 Å². The fraction of sp³-hybridized carbons (Fsp3) is 0.655. The maximum atomic E-state index is 12.8. The number of hydrogen-bond donors (Lipinski definition) is 1. The first-order chi connectivity index (χ1) is 17.7. The summed E-state index contributed by atoms with van der Waals surface area (Å²) in [4.78, 5) is 49.7. The van der Waals surface area contributed by atoms with Gasteiger partial charge in [-0.25, -0.2) is 0 Å². The first-order valence-electron chi connectivity index (χ1n) is 13.4. The molecule has 9 nitrogen and oxygen atoms in total. The summed E-state index contributed by atoms with van der Waals surface area (Å²) in [5.41, 5.74) is 5.18. The minimum atomic E-state index is -1.02. The van der Waals surface area contributed by atoms with Crippen LogP contribution < -0.4 is 15.2 Å². The molecule has 1 aromatic carbocycles. The van der Waals surface area contributed by atoms with E-state index >= 15 is 0 Å². The van der Waals surface area contributed by atoms with Crippen LogP contribution in [-0.4, -0.2) is 42.6 Å². The van der Waals surface area contributed by atoms with Gasteiger partial charge in [0.2, 0.25) is 0 Å². The van der Waals surface area contributed by atoms with Crippen molar-refractivity contribution >= 4 is 23.9 Å². The zero-order valence-electron chi connectivity index (χ0n) is 24.2. The highest BCUT2D eigenvalue weighted by Gasteiger charge is 2.31. The third-order valence-corrected chi connectivity index (χ3v) is 6.58. The summed E-state index contributed by atoms with van der Waals surface area (Å²) < 4.78 is 21.7. The monoisotopic (exact) mass is 535 g/mol. The van der Waals surface area contributed by atoms with E-state index in [2.05, 4.69) is 0 Å². The highest BCUT2D eigenvalue weighted by molar-refractivity contribution is 5.81. The summed E-state index contributed by atoms with van der Waals surface area (Å²) in [6, 6.07) is 3.70. The Labute approximate surface area is 226 Å². The lowest BCUT2D eigenvalue weighted by Crippen LogP contribution is -2.37. The molecule has 38 heavy (non-hydrogen) atoms. The third kappa shape index (κ3) is 10.4. The summed E-state index contributed by atoms with van der Waals surface area (Å²) in [5, 5.41) is 0. The first kappa shape index (κ1) is 33.1. The van der Waals surface area contributed by atoms with Gasteiger partial charge in [-0.1, -0.05) is 33.3 Å². The summed E-state index contributed by atoms with van der Waals surface area (Å²) in [6.45, 7) is 14.4. The molecule has 0 amide bonds. The van der Waals surface area contributed by atoms with E-state index in [0.717, 1.165) is 12.8 Å². The molecule has 9 heteroatoms. The Hall–Kier alpha value is -2.94. The average Bonchev–Trinajstić information content (AvgIpc) is 2.87. The number of rotatable bonds is 15. The van der Waals surface area contributed by atoms with E-state index in [-0.39, 0.29) is 30.5 Å². The fourth-order valence-electron chi connectivity index (χ4n) is 2.87. The van der Waals surface area contributed by atoms with Crippen LogP contribution in [0.2, 0.25) is 0 Å². The molecule has 0 radical (unpaired) electrons. The highest BCUT2D eigenvalue weighted by Crippen LogP contribution is 2.34. The molecule has 1 rings (SSSR count). The van der Waals surface area contributed by atoms with E-state index < -0.39 is 40.9 Å². The van der Waals surface area contributed by atoms with Crippen molar-refractivity contribution in [2.24, 2.45) is 16.6 Å². The molecule has 0 spiro atoms. The van der Waals surface area contributed by atoms with E-state index in [1.807, 2.05) is 20.8 Å². The Morgan fingerprint density at radius 2 is 1.45 bits per heavy atom. The number of hydrogen-bond acceptors (Lipinski definition) is 9. The smallest absolute Gasteiger partial charge is 0.323 e. The lowest BCUT2D eigenvalue weighted by atomic mass is 9.90. The van der Waals surface area contributed by atoms with Crippen LogP contribution in [0.1, 0.15) is 93.1 Å². The first-order valence-corrected chi connectivity index (χ1v) is 13.4. The van der Waals surface area contributed by atoms with Crippen LogP contribution >= 0.6 is 0 Å². The van der Waals surface area contributed by atoms with Crippen molar-refractivity contribution in [1.82, 2.24) is 0 Å². The Kier molecular flexibility index (Phi) is 12.9. The van der Waals surface area contributed by atoms with Gasteiger partial charge in [0.05, 0.1) is 10.8 Å². The van der Waals surface area contributed by atoms with Gasteiger partial charge in [0, 0.05) is 6.42 Å². The maximum absolute atomic E-state index is 12.8. The number of carbonyl (C=O) groups is 4. The summed E-state index contributed by atoms with van der Waals surface area (Å²) >= 11 is 0. The zero-order valence-corrected chi connectivity index (χ0v) is 24.2. The minimum absolute atomic E-state index is 0.0531. The second-order valence-corrected chi connectivity index (χ2v) is 10.9. The van der Waals surface area contributed by atoms with E-state index in [1.54, 1.807) is 40.7 Å². The van der Waals surface area contributed by atoms with Crippen molar-refractivity contribution in [3.05, 3.63) is 23.8 Å². The van der Waals surface area contributed by atoms with Crippen molar-refractivity contribution in [2.45, 2.75) is 106 Å². The molecule has 1 aromatic rings. The number of unbranched alkanes of at least 4 members (excludes halogenated alkanes) is 1. The highest BCUT2D eigenvalue weighted by atomic mass is 16.6. The molecule has 0 aliphatic heterocycles. The summed E-state index contributed by atoms with van der Waals surface area (Å²) in [5.74, 6) is -1.75. The SMILES string of the molecule is CCCCC(=O)OC[C@H](C)OC(=O)[C@@H](N)Cc1ccc(OC(=O)C(C)(C)CC)c(OC(=O)C(C)(C)CC)c1. The van der Waals surface area contributed by atoms with Crippen LogP contribution in [0.5, 0.6) is 11.5 Å². The fourth-order valence-corrected chi connectivity index (χ4v) is 2.87. The van der Waals surface area contributed by atoms with Gasteiger partial charge < -0.3 is 24.7 Å². The summed E-state index contributed by atoms with van der Waals surface area (Å²) in [7, 11) is 0. The maximum Gasteiger partial charge on any atom is 0.323 e. The molecule has 0 heterocycles. The number of carbonyl (C=O) groups excluding carboxylic acids is 4. The van der Waals surface area contributed by atoms with Crippen molar-refractivity contribution in [3.8, 4) is 11.5 Å². The van der Waals surface area contributed by atoms with E-state index in [1.165, 1.54) is 12.1 Å². The van der Waals surface area contributed by atoms with Gasteiger partial charge in [-0.2, -0.15) is 0 Å². The molecule has 0 unspecified atom stereocenters. The van der Waals surface area contributed by atoms with Crippen LogP contribution in [0.15, 0.2) is 18.2 Å². The van der Waals surface area contributed by atoms with Gasteiger partial charge in [0.15, 0.2) is 11.5 Å². The molecule has 2 atom stereocenters. The van der Waals surface area contributed by atoms with Gasteiger partial charge in [-0.05, 0) is 78.0 Å². The second-order valence-electron chi connectivity index (χ2n) is 10.9. The van der Waals surface area contributed by atoms with Gasteiger partial charge in [0.1, 0.15) is 18.8 Å². The molecule has 0 aliphatic carbocycles. The molecule has 0 aromatic heterocycles. The molecule has 214 valence electrons. The number of ether oxygens (including phenoxy) is 4. The average molecular weight is 536 g/mol. The Bertz CT molecular complexity index is 969. The molecular formula is C29H45NO8. The lowest BCUT2D eigenvalue weighted by Gasteiger charge is -2.23. The predicted molar refractivity (Wildman–Crippen MR) is 144 cm³/mol. The minimum Gasteiger partial charge on any atom is -0.462 e. The third-order valence-electron chi connectivity index (χ3n) is 6.58. The molecule has 0 saturated carbocycles. The molecular weight excluding hydrogens is 490 g/mol. The Morgan fingerprint density at radius 1 is 0.895 bits per heavy atom. The largest absolute Gasteiger partial charge is 0.462 e. The number of benzene rings is 1. The molecule has 0 bridgehead atoms. The molecule has 0 saturated heterocycles. The Morgan fingerprint density at radius 3 is 1.97 bits per heavy atom. The lowest BCUT2D eigenvalue weighted by molar-refractivity contribution is -0.159. The van der Waals surface area contributed by atoms with Crippen molar-refractivity contribution in [3.63, 3.8) is 0 Å². The van der Waals surface area contributed by atoms with Gasteiger partial charge in [-0.3, -0.25) is 19.2 Å². The van der Waals surface area contributed by atoms with Crippen molar-refractivity contribution < 1.29 is 38.1 Å². The van der Waals surface area contributed by atoms with E-state index in [9.17, 15) is 19.2 Å². The van der Waals surface area contributed by atoms with Crippen molar-refractivity contribution in [2.75, 3.05) is 6.61 Å². The molecule has 0 fully saturated rings. The Balaban J connectivity index is 2.99. The van der Waals surface area contributed by atoms with E-state index in [4.69, 9.17) is 24.7 Å². The van der Waals surface area contributed by atoms with Gasteiger partial charge in [-0.15, -0.1) is 0 Å². The standard InChI is InChI=1S/C29H45NO8/c1-9-12-13-24(31)35-18-19(4)36-25(32)21(30)16-20-14-15-22(37-26(33)28(5,6)10-2)23(17-20)38-27(34)29(7,8)11-3/h14-15,17,19,21H,9-13,16,18,30H2,1-8H3/t19-,21-/m0/s1. The van der Waals surface area contributed by atoms with Crippen LogP contribution in [0, 0.1) is 10.8 Å². The van der Waals surface area contributed by atoms with Crippen LogP contribution in [0.3, 0.4) is 0 Å². The van der Waals surface area contributed by atoms with Gasteiger partial charge >= 0.3 is 23.9 Å². The quantitative estimate of drug-likeness (QED) is 0.246. The topological polar surface area (TPSA) is 131 Å². The molecule has 2 N–H and O–H groups in total. The predicted octanol–water partition coefficient (Wildman–Crippen LogP) is 4.90. The van der Waals surface area contributed by atoms with Crippen molar-refractivity contribution in [1.29, 1.82) is 0 Å². The van der Waals surface area contributed by atoms with Gasteiger partial charge in [0.25, 0.3) is 0 Å². The number of nitrogens with two attached hydrogens (primary N) is 1. The molecule has 0 aliphatic rings. The van der Waals surface area contributed by atoms with E-state index in [0.29, 0.717) is 24.8 Å². The van der Waals surface area contributed by atoms with Crippen LogP contribution in [-0.2, 0) is 35.1 Å². The second kappa shape index (κ2) is 14.9. The summed E-state index contributed by atoms with van der Waals surface area (Å²) in [6.07, 6.45) is 2.47. The number of esters is 4.